The molecule has 126 valence electrons. The summed E-state index contributed by atoms with van der Waals surface area (Å²) < 4.78 is 15.9. The van der Waals surface area contributed by atoms with Gasteiger partial charge in [-0.15, -0.1) is 0 Å². The van der Waals surface area contributed by atoms with Crippen LogP contribution >= 0.6 is 11.6 Å². The minimum Gasteiger partial charge on any atom is -0.454 e. The maximum absolute atomic E-state index is 12.0. The first-order valence-corrected chi connectivity index (χ1v) is 8.21. The Balaban J connectivity index is 1.48. The average molecular weight is 356 g/mol. The van der Waals surface area contributed by atoms with Crippen LogP contribution in [0.5, 0.6) is 11.5 Å². The topological polar surface area (TPSA) is 57.1 Å². The van der Waals surface area contributed by atoms with Crippen molar-refractivity contribution in [1.29, 1.82) is 0 Å². The summed E-state index contributed by atoms with van der Waals surface area (Å²) in [6.07, 6.45) is 2.91. The van der Waals surface area contributed by atoms with Crippen LogP contribution < -0.4 is 9.47 Å². The van der Waals surface area contributed by atoms with Crippen molar-refractivity contribution >= 4 is 29.5 Å². The number of esters is 1. The van der Waals surface area contributed by atoms with E-state index in [1.165, 1.54) is 0 Å². The van der Waals surface area contributed by atoms with Gasteiger partial charge in [0.2, 0.25) is 6.79 Å². The minimum absolute atomic E-state index is 0.212. The van der Waals surface area contributed by atoms with Gasteiger partial charge in [-0.3, -0.25) is 0 Å². The number of aliphatic imine (C=N–C) groups is 1. The van der Waals surface area contributed by atoms with Gasteiger partial charge in [0.25, 0.3) is 0 Å². The van der Waals surface area contributed by atoms with Crippen LogP contribution in [0.2, 0.25) is 5.02 Å². The lowest BCUT2D eigenvalue weighted by Crippen LogP contribution is -2.05. The van der Waals surface area contributed by atoms with E-state index in [2.05, 4.69) is 4.99 Å². The second-order valence-corrected chi connectivity index (χ2v) is 6.10. The third-order valence-corrected chi connectivity index (χ3v) is 4.12. The Morgan fingerprint density at radius 3 is 2.84 bits per heavy atom. The fraction of sp³-hybridized carbons (Fsp3) is 0.158. The summed E-state index contributed by atoms with van der Waals surface area (Å²) in [7, 11) is 0. The number of carbonyl (C=O) groups is 1. The van der Waals surface area contributed by atoms with Crippen LogP contribution in [0.4, 0.5) is 0 Å². The van der Waals surface area contributed by atoms with Gasteiger partial charge in [0.1, 0.15) is 0 Å². The second kappa shape index (κ2) is 6.61. The quantitative estimate of drug-likeness (QED) is 0.614. The Morgan fingerprint density at radius 2 is 1.96 bits per heavy atom. The number of fused-ring (bicyclic) bond motifs is 1. The molecule has 0 fully saturated rings. The van der Waals surface area contributed by atoms with Crippen molar-refractivity contribution < 1.29 is 19.0 Å². The summed E-state index contributed by atoms with van der Waals surface area (Å²) in [6.45, 7) is 0.212. The van der Waals surface area contributed by atoms with E-state index in [1.54, 1.807) is 12.1 Å². The zero-order valence-electron chi connectivity index (χ0n) is 13.2. The third-order valence-electron chi connectivity index (χ3n) is 3.88. The first kappa shape index (κ1) is 15.7. The predicted octanol–water partition coefficient (Wildman–Crippen LogP) is 4.00. The van der Waals surface area contributed by atoms with Gasteiger partial charge in [0.05, 0.1) is 0 Å². The van der Waals surface area contributed by atoms with E-state index in [-0.39, 0.29) is 12.5 Å². The van der Waals surface area contributed by atoms with Crippen molar-refractivity contribution in [3.05, 3.63) is 64.3 Å². The molecule has 2 aliphatic rings. The van der Waals surface area contributed by atoms with Gasteiger partial charge in [0.15, 0.2) is 23.1 Å². The smallest absolute Gasteiger partial charge is 0.363 e. The molecule has 4 rings (SSSR count). The van der Waals surface area contributed by atoms with Crippen LogP contribution in [-0.4, -0.2) is 18.7 Å². The number of aryl methyl sites for hydroxylation is 1. The van der Waals surface area contributed by atoms with Crippen molar-refractivity contribution in [2.45, 2.75) is 12.8 Å². The Kier molecular flexibility index (Phi) is 4.15. The van der Waals surface area contributed by atoms with Crippen LogP contribution in [0.15, 0.2) is 53.2 Å². The van der Waals surface area contributed by atoms with Gasteiger partial charge in [-0.1, -0.05) is 29.8 Å². The molecule has 2 aromatic rings. The fourth-order valence-electron chi connectivity index (χ4n) is 2.66. The van der Waals surface area contributed by atoms with Crippen molar-refractivity contribution in [3.63, 3.8) is 0 Å². The summed E-state index contributed by atoms with van der Waals surface area (Å²) in [4.78, 5) is 16.3. The molecular weight excluding hydrogens is 342 g/mol. The Labute approximate surface area is 149 Å². The first-order chi connectivity index (χ1) is 12.2. The molecule has 5 nitrogen and oxygen atoms in total. The minimum atomic E-state index is -0.446. The molecule has 0 spiro atoms. The molecule has 0 radical (unpaired) electrons. The number of hydrogen-bond acceptors (Lipinski definition) is 5. The van der Waals surface area contributed by atoms with Crippen LogP contribution in [0.3, 0.4) is 0 Å². The van der Waals surface area contributed by atoms with Gasteiger partial charge in [0, 0.05) is 11.4 Å². The molecule has 25 heavy (non-hydrogen) atoms. The molecule has 0 unspecified atom stereocenters. The number of halogens is 1. The molecular formula is C19H14ClNO4. The lowest BCUT2D eigenvalue weighted by atomic mass is 10.1. The Bertz CT molecular complexity index is 904. The number of ether oxygens (including phenoxy) is 3. The van der Waals surface area contributed by atoms with Gasteiger partial charge in [-0.2, -0.15) is 0 Å². The molecule has 0 saturated carbocycles. The van der Waals surface area contributed by atoms with Crippen LogP contribution in [0.1, 0.15) is 17.5 Å². The summed E-state index contributed by atoms with van der Waals surface area (Å²) in [5, 5.41) is 0.686. The molecule has 6 heteroatoms. The molecule has 0 aliphatic carbocycles. The van der Waals surface area contributed by atoms with E-state index in [1.807, 2.05) is 36.4 Å². The van der Waals surface area contributed by atoms with E-state index in [0.29, 0.717) is 35.3 Å². The van der Waals surface area contributed by atoms with Gasteiger partial charge in [-0.25, -0.2) is 9.79 Å². The summed E-state index contributed by atoms with van der Waals surface area (Å²) in [6, 6.07) is 13.0. The highest BCUT2D eigenvalue weighted by atomic mass is 35.5. The number of hydrogen-bond donors (Lipinski definition) is 0. The van der Waals surface area contributed by atoms with E-state index < -0.39 is 5.97 Å². The fourth-order valence-corrected chi connectivity index (χ4v) is 2.88. The molecule has 0 saturated heterocycles. The number of cyclic esters (lactones) is 1. The SMILES string of the molecule is O=C1OC(CCc2cccc(Cl)c2)=N/C1=C/c1ccc2c(c1)OCO2. The molecule has 0 bridgehead atoms. The van der Waals surface area contributed by atoms with Crippen molar-refractivity contribution in [3.8, 4) is 11.5 Å². The summed E-state index contributed by atoms with van der Waals surface area (Å²) >= 11 is 5.97. The average Bonchev–Trinajstić information content (AvgIpc) is 3.19. The van der Waals surface area contributed by atoms with Crippen molar-refractivity contribution in [1.82, 2.24) is 0 Å². The molecule has 2 heterocycles. The van der Waals surface area contributed by atoms with E-state index >= 15 is 0 Å². The maximum atomic E-state index is 12.0. The lowest BCUT2D eigenvalue weighted by molar-refractivity contribution is -0.130. The molecule has 0 amide bonds. The predicted molar refractivity (Wildman–Crippen MR) is 93.8 cm³/mol. The van der Waals surface area contributed by atoms with Crippen LogP contribution in [-0.2, 0) is 16.0 Å². The Hall–Kier alpha value is -2.79. The lowest BCUT2D eigenvalue weighted by Gasteiger charge is -2.01. The van der Waals surface area contributed by atoms with Crippen molar-refractivity contribution in [2.24, 2.45) is 4.99 Å². The Morgan fingerprint density at radius 1 is 1.08 bits per heavy atom. The molecule has 0 atom stereocenters. The summed E-state index contributed by atoms with van der Waals surface area (Å²) in [5.74, 6) is 1.32. The number of carbonyl (C=O) groups excluding carboxylic acids is 1. The van der Waals surface area contributed by atoms with E-state index in [4.69, 9.17) is 25.8 Å². The molecule has 0 aromatic heterocycles. The van der Waals surface area contributed by atoms with Crippen LogP contribution in [0.25, 0.3) is 6.08 Å². The highest BCUT2D eigenvalue weighted by Crippen LogP contribution is 2.33. The maximum Gasteiger partial charge on any atom is 0.363 e. The van der Waals surface area contributed by atoms with Gasteiger partial charge in [-0.05, 0) is 47.9 Å². The third kappa shape index (κ3) is 3.51. The number of nitrogens with zero attached hydrogens (tertiary/aromatic N) is 1. The normalized spacial score (nSPS) is 16.9. The molecule has 0 N–H and O–H groups in total. The monoisotopic (exact) mass is 355 g/mol. The summed E-state index contributed by atoms with van der Waals surface area (Å²) in [5.41, 5.74) is 2.15. The van der Waals surface area contributed by atoms with Crippen molar-refractivity contribution in [2.75, 3.05) is 6.79 Å². The zero-order valence-corrected chi connectivity index (χ0v) is 14.0. The molecule has 2 aliphatic heterocycles. The first-order valence-electron chi connectivity index (χ1n) is 7.83. The highest BCUT2D eigenvalue weighted by Gasteiger charge is 2.23. The van der Waals surface area contributed by atoms with E-state index in [9.17, 15) is 4.79 Å². The highest BCUT2D eigenvalue weighted by molar-refractivity contribution is 6.30. The van der Waals surface area contributed by atoms with Gasteiger partial charge >= 0.3 is 5.97 Å². The van der Waals surface area contributed by atoms with E-state index in [0.717, 1.165) is 11.1 Å². The number of benzene rings is 2. The van der Waals surface area contributed by atoms with Gasteiger partial charge < -0.3 is 14.2 Å². The largest absolute Gasteiger partial charge is 0.454 e. The second-order valence-electron chi connectivity index (χ2n) is 5.67. The molecule has 2 aromatic carbocycles. The standard InChI is InChI=1S/C19H14ClNO4/c20-14-3-1-2-12(8-14)5-7-18-21-15(19(22)25-18)9-13-4-6-16-17(10-13)24-11-23-16/h1-4,6,8-10H,5,7,11H2/b15-9+. The van der Waals surface area contributed by atoms with Crippen LogP contribution in [0, 0.1) is 0 Å². The zero-order chi connectivity index (χ0) is 17.2. The number of rotatable bonds is 4.